The second kappa shape index (κ2) is 5.66. The van der Waals surface area contributed by atoms with Crippen molar-refractivity contribution < 1.29 is 9.53 Å². The van der Waals surface area contributed by atoms with E-state index < -0.39 is 0 Å². The van der Waals surface area contributed by atoms with Gasteiger partial charge in [0, 0.05) is 37.2 Å². The molecule has 2 atom stereocenters. The van der Waals surface area contributed by atoms with Gasteiger partial charge in [0.25, 0.3) is 5.91 Å². The van der Waals surface area contributed by atoms with Crippen molar-refractivity contribution in [1.82, 2.24) is 14.3 Å². The van der Waals surface area contributed by atoms with Crippen molar-refractivity contribution in [3.63, 3.8) is 0 Å². The maximum Gasteiger partial charge on any atom is 0.251 e. The van der Waals surface area contributed by atoms with Gasteiger partial charge in [-0.2, -0.15) is 0 Å². The van der Waals surface area contributed by atoms with Crippen molar-refractivity contribution in [2.75, 3.05) is 19.7 Å². The number of hydrogen-bond acceptors (Lipinski definition) is 4. The van der Waals surface area contributed by atoms with Gasteiger partial charge < -0.3 is 9.64 Å². The molecule has 0 bridgehead atoms. The molecule has 5 nitrogen and oxygen atoms in total. The third kappa shape index (κ3) is 2.34. The summed E-state index contributed by atoms with van der Waals surface area (Å²) in [6.07, 6.45) is 5.91. The molecule has 0 spiro atoms. The number of rotatable bonds is 2. The van der Waals surface area contributed by atoms with Crippen LogP contribution in [-0.4, -0.2) is 46.0 Å². The lowest BCUT2D eigenvalue weighted by molar-refractivity contribution is -0.142. The number of nitrogens with zero attached hydrogens (tertiary/aromatic N) is 3. The second-order valence-corrected chi connectivity index (χ2v) is 7.14. The number of hydrogen-bond donors (Lipinski definition) is 0. The quantitative estimate of drug-likeness (QED) is 0.855. The van der Waals surface area contributed by atoms with Crippen molar-refractivity contribution in [3.8, 4) is 0 Å². The maximum absolute atomic E-state index is 12.6. The molecule has 1 amide bonds. The van der Waals surface area contributed by atoms with E-state index in [-0.39, 0.29) is 12.0 Å². The molecule has 0 radical (unpaired) electrons. The van der Waals surface area contributed by atoms with E-state index in [1.54, 1.807) is 11.3 Å². The van der Waals surface area contributed by atoms with Crippen LogP contribution >= 0.6 is 11.3 Å². The van der Waals surface area contributed by atoms with E-state index in [0.717, 1.165) is 56.9 Å². The first-order valence-electron chi connectivity index (χ1n) is 8.06. The molecule has 0 aromatic carbocycles. The molecular formula is C16H21N3O2S. The Labute approximate surface area is 133 Å². The highest BCUT2D eigenvalue weighted by molar-refractivity contribution is 7.15. The topological polar surface area (TPSA) is 46.8 Å². The zero-order chi connectivity index (χ0) is 15.1. The lowest BCUT2D eigenvalue weighted by Gasteiger charge is -2.33. The maximum atomic E-state index is 12.6. The predicted molar refractivity (Wildman–Crippen MR) is 85.3 cm³/mol. The Morgan fingerprint density at radius 3 is 3.14 bits per heavy atom. The third-order valence-corrected chi connectivity index (χ3v) is 5.67. The molecule has 6 heteroatoms. The van der Waals surface area contributed by atoms with Gasteiger partial charge >= 0.3 is 0 Å². The predicted octanol–water partition coefficient (Wildman–Crippen LogP) is 2.59. The van der Waals surface area contributed by atoms with Crippen molar-refractivity contribution in [2.45, 2.75) is 44.6 Å². The van der Waals surface area contributed by atoms with Gasteiger partial charge in [-0.05, 0) is 32.6 Å². The molecule has 4 heterocycles. The Kier molecular flexibility index (Phi) is 3.66. The number of thiazole rings is 1. The van der Waals surface area contributed by atoms with Crippen molar-refractivity contribution in [3.05, 3.63) is 23.1 Å². The largest absolute Gasteiger partial charge is 0.368 e. The molecule has 2 aliphatic rings. The summed E-state index contributed by atoms with van der Waals surface area (Å²) in [7, 11) is 0. The lowest BCUT2D eigenvalue weighted by Crippen LogP contribution is -2.44. The zero-order valence-corrected chi connectivity index (χ0v) is 13.6. The minimum Gasteiger partial charge on any atom is -0.368 e. The minimum absolute atomic E-state index is 0.181. The number of ether oxygens (including phenoxy) is 1. The van der Waals surface area contributed by atoms with Gasteiger partial charge in [-0.1, -0.05) is 0 Å². The molecule has 2 fully saturated rings. The highest BCUT2D eigenvalue weighted by atomic mass is 32.1. The fourth-order valence-electron chi connectivity index (χ4n) is 3.64. The number of amides is 1. The van der Waals surface area contributed by atoms with Crippen molar-refractivity contribution in [2.24, 2.45) is 0 Å². The monoisotopic (exact) mass is 319 g/mol. The summed E-state index contributed by atoms with van der Waals surface area (Å²) in [5, 5.41) is 2.10. The number of carbonyl (C=O) groups excluding carboxylic acids is 1. The molecule has 2 saturated heterocycles. The van der Waals surface area contributed by atoms with E-state index in [1.807, 2.05) is 11.8 Å². The Bertz CT molecular complexity index is 687. The molecular weight excluding hydrogens is 298 g/mol. The van der Waals surface area contributed by atoms with Crippen LogP contribution in [0, 0.1) is 6.92 Å². The van der Waals surface area contributed by atoms with E-state index >= 15 is 0 Å². The van der Waals surface area contributed by atoms with Crippen LogP contribution in [0.2, 0.25) is 0 Å². The SMILES string of the molecule is Cc1nc(C2CCCN(C(=O)C3CCCO3)C2)c2sccn12. The first kappa shape index (κ1) is 14.2. The molecule has 118 valence electrons. The van der Waals surface area contributed by atoms with Gasteiger partial charge in [0.1, 0.15) is 16.8 Å². The van der Waals surface area contributed by atoms with E-state index in [4.69, 9.17) is 9.72 Å². The van der Waals surface area contributed by atoms with E-state index in [0.29, 0.717) is 5.92 Å². The number of piperidine rings is 1. The van der Waals surface area contributed by atoms with Crippen molar-refractivity contribution >= 4 is 22.1 Å². The molecule has 0 saturated carbocycles. The fourth-order valence-corrected chi connectivity index (χ4v) is 4.59. The molecule has 4 rings (SSSR count). The van der Waals surface area contributed by atoms with Gasteiger partial charge in [0.2, 0.25) is 0 Å². The molecule has 0 N–H and O–H groups in total. The van der Waals surface area contributed by atoms with Gasteiger partial charge in [-0.3, -0.25) is 9.20 Å². The average molecular weight is 319 g/mol. The molecule has 2 aromatic heterocycles. The highest BCUT2D eigenvalue weighted by Crippen LogP contribution is 2.32. The Hall–Kier alpha value is -1.40. The van der Waals surface area contributed by atoms with E-state index in [2.05, 4.69) is 16.0 Å². The summed E-state index contributed by atoms with van der Waals surface area (Å²) in [5.74, 6) is 1.57. The second-order valence-electron chi connectivity index (χ2n) is 6.25. The summed E-state index contributed by atoms with van der Waals surface area (Å²) in [5.41, 5.74) is 1.16. The molecule has 2 unspecified atom stereocenters. The van der Waals surface area contributed by atoms with E-state index in [9.17, 15) is 4.79 Å². The van der Waals surface area contributed by atoms with E-state index in [1.165, 1.54) is 4.83 Å². The fraction of sp³-hybridized carbons (Fsp3) is 0.625. The van der Waals surface area contributed by atoms with Crippen LogP contribution in [0.25, 0.3) is 4.83 Å². The molecule has 2 aliphatic heterocycles. The number of aromatic nitrogens is 2. The molecule has 2 aromatic rings. The smallest absolute Gasteiger partial charge is 0.251 e. The average Bonchev–Trinajstić information content (AvgIpc) is 3.26. The first-order valence-corrected chi connectivity index (χ1v) is 8.94. The van der Waals surface area contributed by atoms with Crippen LogP contribution in [0.4, 0.5) is 0 Å². The zero-order valence-electron chi connectivity index (χ0n) is 12.8. The van der Waals surface area contributed by atoms with Crippen LogP contribution in [0.3, 0.4) is 0 Å². The Morgan fingerprint density at radius 1 is 1.41 bits per heavy atom. The van der Waals surface area contributed by atoms with Gasteiger partial charge in [0.15, 0.2) is 0 Å². The summed E-state index contributed by atoms with van der Waals surface area (Å²) in [4.78, 5) is 20.6. The van der Waals surface area contributed by atoms with Crippen LogP contribution in [-0.2, 0) is 9.53 Å². The highest BCUT2D eigenvalue weighted by Gasteiger charge is 2.33. The number of carbonyl (C=O) groups is 1. The van der Waals surface area contributed by atoms with Crippen LogP contribution < -0.4 is 0 Å². The van der Waals surface area contributed by atoms with Crippen LogP contribution in [0.1, 0.15) is 43.1 Å². The summed E-state index contributed by atoms with van der Waals surface area (Å²) >= 11 is 1.74. The third-order valence-electron chi connectivity index (χ3n) is 4.78. The van der Waals surface area contributed by atoms with Crippen molar-refractivity contribution in [1.29, 1.82) is 0 Å². The summed E-state index contributed by atoms with van der Waals surface area (Å²) in [6, 6.07) is 0. The summed E-state index contributed by atoms with van der Waals surface area (Å²) < 4.78 is 7.72. The Balaban J connectivity index is 1.55. The normalized spacial score (nSPS) is 26.0. The number of imidazole rings is 1. The van der Waals surface area contributed by atoms with Gasteiger partial charge in [-0.25, -0.2) is 4.98 Å². The molecule has 0 aliphatic carbocycles. The summed E-state index contributed by atoms with van der Waals surface area (Å²) in [6.45, 7) is 4.41. The molecule has 22 heavy (non-hydrogen) atoms. The standard InChI is InChI=1S/C16H21N3O2S/c1-11-17-14(16-19(11)7-9-22-16)12-4-2-6-18(10-12)15(20)13-5-3-8-21-13/h7,9,12-13H,2-6,8,10H2,1H3. The number of fused-ring (bicyclic) bond motifs is 1. The lowest BCUT2D eigenvalue weighted by atomic mass is 9.94. The number of aryl methyl sites for hydroxylation is 1. The van der Waals surface area contributed by atoms with Gasteiger partial charge in [-0.15, -0.1) is 11.3 Å². The minimum atomic E-state index is -0.204. The van der Waals surface area contributed by atoms with Gasteiger partial charge in [0.05, 0.1) is 5.69 Å². The Morgan fingerprint density at radius 2 is 2.32 bits per heavy atom. The first-order chi connectivity index (χ1) is 10.7. The number of likely N-dealkylation sites (tertiary alicyclic amines) is 1. The van der Waals surface area contributed by atoms with Crippen LogP contribution in [0.15, 0.2) is 11.6 Å². The van der Waals surface area contributed by atoms with Crippen LogP contribution in [0.5, 0.6) is 0 Å².